The normalized spacial score (nSPS) is 11.1. The second kappa shape index (κ2) is 6.52. The fraction of sp³-hybridized carbons (Fsp3) is 0.312. The Bertz CT molecular complexity index is 988. The molecule has 2 aromatic heterocycles. The number of benzene rings is 1. The number of imidazole rings is 1. The minimum atomic E-state index is -0.429. The van der Waals surface area contributed by atoms with Crippen LogP contribution >= 0.6 is 11.6 Å². The minimum Gasteiger partial charge on any atom is -0.494 e. The largest absolute Gasteiger partial charge is 0.494 e. The van der Waals surface area contributed by atoms with E-state index in [0.717, 1.165) is 10.3 Å². The van der Waals surface area contributed by atoms with Crippen molar-refractivity contribution in [1.29, 1.82) is 0 Å². The van der Waals surface area contributed by atoms with Gasteiger partial charge in [0.25, 0.3) is 5.56 Å². The third-order valence-corrected chi connectivity index (χ3v) is 4.13. The number of halogens is 1. The Labute approximate surface area is 142 Å². The van der Waals surface area contributed by atoms with E-state index in [-0.39, 0.29) is 10.9 Å². The number of fused-ring (bicyclic) bond motifs is 1. The zero-order valence-electron chi connectivity index (χ0n) is 13.4. The van der Waals surface area contributed by atoms with Crippen LogP contribution in [0.15, 0.2) is 39.9 Å². The molecule has 0 saturated heterocycles. The molecule has 0 aliphatic carbocycles. The molecule has 0 N–H and O–H groups in total. The maximum atomic E-state index is 12.4. The molecule has 0 aliphatic rings. The van der Waals surface area contributed by atoms with Gasteiger partial charge in [-0.25, -0.2) is 4.79 Å². The Kier molecular flexibility index (Phi) is 4.44. The predicted octanol–water partition coefficient (Wildman–Crippen LogP) is 1.56. The third-order valence-electron chi connectivity index (χ3n) is 3.84. The number of aryl methyl sites for hydroxylation is 2. The van der Waals surface area contributed by atoms with E-state index in [0.29, 0.717) is 25.1 Å². The summed E-state index contributed by atoms with van der Waals surface area (Å²) in [4.78, 5) is 28.5. The van der Waals surface area contributed by atoms with Gasteiger partial charge in [-0.1, -0.05) is 18.2 Å². The van der Waals surface area contributed by atoms with Crippen LogP contribution in [-0.4, -0.2) is 25.3 Å². The highest BCUT2D eigenvalue weighted by atomic mass is 35.5. The number of hydrogen-bond acceptors (Lipinski definition) is 4. The molecule has 0 bridgehead atoms. The first-order valence-corrected chi connectivity index (χ1v) is 7.88. The molecular weight excluding hydrogens is 332 g/mol. The number of rotatable bonds is 5. The summed E-state index contributed by atoms with van der Waals surface area (Å²) in [5, 5.41) is 0.183. The van der Waals surface area contributed by atoms with E-state index in [9.17, 15) is 9.59 Å². The van der Waals surface area contributed by atoms with Gasteiger partial charge in [-0.05, 0) is 30.2 Å². The van der Waals surface area contributed by atoms with Crippen molar-refractivity contribution in [2.45, 2.75) is 13.0 Å². The van der Waals surface area contributed by atoms with E-state index >= 15 is 0 Å². The maximum Gasteiger partial charge on any atom is 0.332 e. The summed E-state index contributed by atoms with van der Waals surface area (Å²) >= 11 is 6.16. The third kappa shape index (κ3) is 2.82. The Morgan fingerprint density at radius 1 is 1.12 bits per heavy atom. The lowest BCUT2D eigenvalue weighted by molar-refractivity contribution is 0.302. The molecule has 2 heterocycles. The predicted molar refractivity (Wildman–Crippen MR) is 91.8 cm³/mol. The van der Waals surface area contributed by atoms with Gasteiger partial charge in [0.2, 0.25) is 5.28 Å². The number of aromatic nitrogens is 4. The molecule has 3 aromatic rings. The molecule has 0 spiro atoms. The van der Waals surface area contributed by atoms with Gasteiger partial charge >= 0.3 is 5.69 Å². The van der Waals surface area contributed by atoms with Crippen molar-refractivity contribution in [3.05, 3.63) is 56.5 Å². The molecule has 0 fully saturated rings. The summed E-state index contributed by atoms with van der Waals surface area (Å²) in [6, 6.07) is 9.49. The molecule has 0 unspecified atom stereocenters. The standard InChI is InChI=1S/C16H17ClN4O3/c1-19-13-12(14(22)20(2)16(19)23)21(15(17)18-13)9-6-10-24-11-7-4-3-5-8-11/h3-5,7-8H,6,9-10H2,1-2H3. The minimum absolute atomic E-state index is 0.183. The zero-order valence-corrected chi connectivity index (χ0v) is 14.2. The average Bonchev–Trinajstić information content (AvgIpc) is 2.92. The van der Waals surface area contributed by atoms with Crippen LogP contribution in [0, 0.1) is 0 Å². The molecule has 0 atom stereocenters. The molecule has 8 heteroatoms. The van der Waals surface area contributed by atoms with E-state index in [2.05, 4.69) is 4.98 Å². The molecule has 24 heavy (non-hydrogen) atoms. The van der Waals surface area contributed by atoms with Gasteiger partial charge in [-0.15, -0.1) is 0 Å². The van der Waals surface area contributed by atoms with Crippen molar-refractivity contribution in [2.24, 2.45) is 14.1 Å². The number of hydrogen-bond donors (Lipinski definition) is 0. The molecule has 0 saturated carbocycles. The summed E-state index contributed by atoms with van der Waals surface area (Å²) in [5.41, 5.74) is -0.223. The Morgan fingerprint density at radius 2 is 1.83 bits per heavy atom. The Morgan fingerprint density at radius 3 is 2.54 bits per heavy atom. The van der Waals surface area contributed by atoms with Crippen molar-refractivity contribution >= 4 is 22.8 Å². The summed E-state index contributed by atoms with van der Waals surface area (Å²) in [6.45, 7) is 0.946. The molecule has 7 nitrogen and oxygen atoms in total. The molecule has 0 amide bonds. The maximum absolute atomic E-state index is 12.4. The van der Waals surface area contributed by atoms with E-state index in [1.165, 1.54) is 11.6 Å². The topological polar surface area (TPSA) is 71.0 Å². The summed E-state index contributed by atoms with van der Waals surface area (Å²) < 4.78 is 9.63. The SMILES string of the molecule is Cn1c(=O)c2c(nc(Cl)n2CCCOc2ccccc2)n(C)c1=O. The van der Waals surface area contributed by atoms with Crippen LogP contribution < -0.4 is 16.0 Å². The van der Waals surface area contributed by atoms with Crippen LogP contribution in [-0.2, 0) is 20.6 Å². The highest BCUT2D eigenvalue weighted by Gasteiger charge is 2.17. The monoisotopic (exact) mass is 348 g/mol. The number of ether oxygens (including phenoxy) is 1. The lowest BCUT2D eigenvalue weighted by atomic mass is 10.3. The van der Waals surface area contributed by atoms with Gasteiger partial charge in [-0.2, -0.15) is 4.98 Å². The van der Waals surface area contributed by atoms with Crippen molar-refractivity contribution in [3.8, 4) is 5.75 Å². The van der Waals surface area contributed by atoms with Gasteiger partial charge in [0.05, 0.1) is 6.61 Å². The summed E-state index contributed by atoms with van der Waals surface area (Å²) in [7, 11) is 3.00. The smallest absolute Gasteiger partial charge is 0.332 e. The second-order valence-corrected chi connectivity index (χ2v) is 5.76. The van der Waals surface area contributed by atoms with Crippen LogP contribution in [0.5, 0.6) is 5.75 Å². The molecule has 0 aliphatic heterocycles. The van der Waals surface area contributed by atoms with Gasteiger partial charge in [0.1, 0.15) is 5.75 Å². The molecule has 0 radical (unpaired) electrons. The lowest BCUT2D eigenvalue weighted by Crippen LogP contribution is -2.37. The second-order valence-electron chi connectivity index (χ2n) is 5.43. The van der Waals surface area contributed by atoms with Crippen molar-refractivity contribution in [1.82, 2.24) is 18.7 Å². The van der Waals surface area contributed by atoms with E-state index in [4.69, 9.17) is 16.3 Å². The van der Waals surface area contributed by atoms with Gasteiger partial charge in [0.15, 0.2) is 11.2 Å². The highest BCUT2D eigenvalue weighted by molar-refractivity contribution is 6.29. The van der Waals surface area contributed by atoms with Crippen molar-refractivity contribution in [3.63, 3.8) is 0 Å². The highest BCUT2D eigenvalue weighted by Crippen LogP contribution is 2.16. The lowest BCUT2D eigenvalue weighted by Gasteiger charge is -2.08. The van der Waals surface area contributed by atoms with Crippen LogP contribution in [0.3, 0.4) is 0 Å². The molecule has 1 aromatic carbocycles. The Balaban J connectivity index is 1.84. The Hall–Kier alpha value is -2.54. The molecular formula is C16H17ClN4O3. The first-order chi connectivity index (χ1) is 11.5. The van der Waals surface area contributed by atoms with Gasteiger partial charge in [-0.3, -0.25) is 13.9 Å². The van der Waals surface area contributed by atoms with Crippen LogP contribution in [0.1, 0.15) is 6.42 Å². The molecule has 126 valence electrons. The van der Waals surface area contributed by atoms with Crippen LogP contribution in [0.4, 0.5) is 0 Å². The number of nitrogens with zero attached hydrogens (tertiary/aromatic N) is 4. The van der Waals surface area contributed by atoms with E-state index in [1.807, 2.05) is 30.3 Å². The van der Waals surface area contributed by atoms with Crippen molar-refractivity contribution < 1.29 is 4.74 Å². The first kappa shape index (κ1) is 16.3. The molecule has 3 rings (SSSR count). The number of para-hydroxylation sites is 1. The zero-order chi connectivity index (χ0) is 17.3. The van der Waals surface area contributed by atoms with Crippen LogP contribution in [0.25, 0.3) is 11.2 Å². The fourth-order valence-electron chi connectivity index (χ4n) is 2.55. The van der Waals surface area contributed by atoms with E-state index < -0.39 is 11.2 Å². The van der Waals surface area contributed by atoms with E-state index in [1.54, 1.807) is 11.6 Å². The summed E-state index contributed by atoms with van der Waals surface area (Å²) in [6.07, 6.45) is 0.645. The summed E-state index contributed by atoms with van der Waals surface area (Å²) in [5.74, 6) is 0.789. The average molecular weight is 349 g/mol. The van der Waals surface area contributed by atoms with Gasteiger partial charge in [0, 0.05) is 20.6 Å². The van der Waals surface area contributed by atoms with Gasteiger partial charge < -0.3 is 9.30 Å². The fourth-order valence-corrected chi connectivity index (χ4v) is 2.80. The van der Waals surface area contributed by atoms with Crippen molar-refractivity contribution in [2.75, 3.05) is 6.61 Å². The first-order valence-electron chi connectivity index (χ1n) is 7.50. The quantitative estimate of drug-likeness (QED) is 0.518. The van der Waals surface area contributed by atoms with Crippen LogP contribution in [0.2, 0.25) is 5.28 Å².